The third-order valence-corrected chi connectivity index (χ3v) is 5.03. The van der Waals surface area contributed by atoms with Gasteiger partial charge in [0.15, 0.2) is 0 Å². The van der Waals surface area contributed by atoms with E-state index in [1.54, 1.807) is 17.4 Å². The number of aromatic nitrogens is 2. The molecule has 0 N–H and O–H groups in total. The first-order valence-electron chi connectivity index (χ1n) is 6.37. The van der Waals surface area contributed by atoms with Crippen molar-refractivity contribution in [1.29, 1.82) is 5.26 Å². The van der Waals surface area contributed by atoms with Gasteiger partial charge in [0, 0.05) is 4.88 Å². The average molecular weight is 381 g/mol. The molecule has 0 aliphatic heterocycles. The van der Waals surface area contributed by atoms with Gasteiger partial charge in [0.25, 0.3) is 0 Å². The van der Waals surface area contributed by atoms with E-state index in [2.05, 4.69) is 37.6 Å². The minimum atomic E-state index is -0.215. The van der Waals surface area contributed by atoms with Crippen LogP contribution < -0.4 is 0 Å². The minimum absolute atomic E-state index is 0.215. The smallest absolute Gasteiger partial charge is 0.128 e. The summed E-state index contributed by atoms with van der Waals surface area (Å²) in [5.41, 5.74) is 2.25. The van der Waals surface area contributed by atoms with E-state index in [1.165, 1.54) is 4.88 Å². The standard InChI is InChI=1S/C15H11BrClN3S/c1-9(17)15-19-14-10(7-18)3-2-4-12(14)20(15)8-11-5-6-13(16)21-11/h2-6,9H,8H2,1H3. The van der Waals surface area contributed by atoms with Crippen molar-refractivity contribution in [2.45, 2.75) is 18.8 Å². The maximum atomic E-state index is 9.23. The zero-order valence-electron chi connectivity index (χ0n) is 11.2. The second-order valence-electron chi connectivity index (χ2n) is 4.66. The van der Waals surface area contributed by atoms with E-state index in [1.807, 2.05) is 25.1 Å². The lowest BCUT2D eigenvalue weighted by Crippen LogP contribution is -2.04. The quantitative estimate of drug-likeness (QED) is 0.595. The van der Waals surface area contributed by atoms with Gasteiger partial charge in [0.1, 0.15) is 17.4 Å². The normalized spacial score (nSPS) is 12.5. The second kappa shape index (κ2) is 5.80. The van der Waals surface area contributed by atoms with Gasteiger partial charge in [-0.3, -0.25) is 0 Å². The van der Waals surface area contributed by atoms with Gasteiger partial charge in [-0.1, -0.05) is 6.07 Å². The number of imidazole rings is 1. The molecule has 3 nitrogen and oxygen atoms in total. The number of fused-ring (bicyclic) bond motifs is 1. The molecule has 21 heavy (non-hydrogen) atoms. The summed E-state index contributed by atoms with van der Waals surface area (Å²) >= 11 is 11.4. The average Bonchev–Trinajstić information content (AvgIpc) is 3.03. The molecular formula is C15H11BrClN3S. The Kier molecular flexibility index (Phi) is 4.03. The van der Waals surface area contributed by atoms with E-state index in [4.69, 9.17) is 11.6 Å². The van der Waals surface area contributed by atoms with Gasteiger partial charge in [0.05, 0.1) is 26.8 Å². The Morgan fingerprint density at radius 2 is 2.24 bits per heavy atom. The third kappa shape index (κ3) is 2.71. The molecule has 3 rings (SSSR count). The number of para-hydroxylation sites is 1. The molecule has 0 spiro atoms. The van der Waals surface area contributed by atoms with Crippen LogP contribution in [-0.2, 0) is 6.54 Å². The lowest BCUT2D eigenvalue weighted by atomic mass is 10.2. The van der Waals surface area contributed by atoms with Crippen molar-refractivity contribution >= 4 is 49.9 Å². The molecule has 0 bridgehead atoms. The monoisotopic (exact) mass is 379 g/mol. The van der Waals surface area contributed by atoms with E-state index in [9.17, 15) is 5.26 Å². The molecule has 2 aromatic heterocycles. The molecule has 0 saturated carbocycles. The van der Waals surface area contributed by atoms with Crippen molar-refractivity contribution in [3.63, 3.8) is 0 Å². The molecular weight excluding hydrogens is 370 g/mol. The summed E-state index contributed by atoms with van der Waals surface area (Å²) < 4.78 is 3.19. The van der Waals surface area contributed by atoms with Crippen molar-refractivity contribution in [2.24, 2.45) is 0 Å². The molecule has 1 unspecified atom stereocenters. The summed E-state index contributed by atoms with van der Waals surface area (Å²) in [6.07, 6.45) is 0. The summed E-state index contributed by atoms with van der Waals surface area (Å²) in [7, 11) is 0. The van der Waals surface area contributed by atoms with Crippen LogP contribution in [0.5, 0.6) is 0 Å². The van der Waals surface area contributed by atoms with Crippen molar-refractivity contribution < 1.29 is 0 Å². The molecule has 6 heteroatoms. The molecule has 0 saturated heterocycles. The summed E-state index contributed by atoms with van der Waals surface area (Å²) in [5.74, 6) is 0.791. The molecule has 1 atom stereocenters. The molecule has 0 fully saturated rings. The predicted molar refractivity (Wildman–Crippen MR) is 89.8 cm³/mol. The largest absolute Gasteiger partial charge is 0.321 e. The number of rotatable bonds is 3. The molecule has 0 radical (unpaired) electrons. The summed E-state index contributed by atoms with van der Waals surface area (Å²) in [6, 6.07) is 11.9. The van der Waals surface area contributed by atoms with Crippen LogP contribution in [0.4, 0.5) is 0 Å². The molecule has 0 amide bonds. The number of hydrogen-bond acceptors (Lipinski definition) is 3. The number of nitriles is 1. The van der Waals surface area contributed by atoms with Gasteiger partial charge in [-0.05, 0) is 47.1 Å². The molecule has 1 aromatic carbocycles. The fraction of sp³-hybridized carbons (Fsp3) is 0.200. The van der Waals surface area contributed by atoms with Gasteiger partial charge in [-0.2, -0.15) is 5.26 Å². The van der Waals surface area contributed by atoms with Crippen LogP contribution in [-0.4, -0.2) is 9.55 Å². The van der Waals surface area contributed by atoms with Crippen molar-refractivity contribution in [3.05, 3.63) is 50.4 Å². The van der Waals surface area contributed by atoms with E-state index >= 15 is 0 Å². The first-order chi connectivity index (χ1) is 10.1. The van der Waals surface area contributed by atoms with Crippen molar-refractivity contribution in [2.75, 3.05) is 0 Å². The highest BCUT2D eigenvalue weighted by atomic mass is 79.9. The van der Waals surface area contributed by atoms with E-state index in [-0.39, 0.29) is 5.38 Å². The first-order valence-corrected chi connectivity index (χ1v) is 8.42. The second-order valence-corrected chi connectivity index (χ2v) is 7.87. The Bertz CT molecular complexity index is 844. The molecule has 106 valence electrons. The molecule has 3 aromatic rings. The van der Waals surface area contributed by atoms with E-state index in [0.717, 1.165) is 20.6 Å². The zero-order valence-corrected chi connectivity index (χ0v) is 14.3. The van der Waals surface area contributed by atoms with Gasteiger partial charge >= 0.3 is 0 Å². The maximum Gasteiger partial charge on any atom is 0.128 e. The number of halogens is 2. The fourth-order valence-corrected chi connectivity index (χ4v) is 3.96. The van der Waals surface area contributed by atoms with E-state index < -0.39 is 0 Å². The minimum Gasteiger partial charge on any atom is -0.321 e. The topological polar surface area (TPSA) is 41.6 Å². The number of alkyl halides is 1. The molecule has 0 aliphatic rings. The van der Waals surface area contributed by atoms with Crippen LogP contribution >= 0.6 is 38.9 Å². The van der Waals surface area contributed by atoms with Crippen LogP contribution in [0.2, 0.25) is 0 Å². The first kappa shape index (κ1) is 14.6. The maximum absolute atomic E-state index is 9.23. The van der Waals surface area contributed by atoms with Crippen molar-refractivity contribution in [3.8, 4) is 6.07 Å². The van der Waals surface area contributed by atoms with Crippen LogP contribution in [0.15, 0.2) is 34.1 Å². The summed E-state index contributed by atoms with van der Waals surface area (Å²) in [4.78, 5) is 5.80. The zero-order chi connectivity index (χ0) is 15.0. The number of nitrogens with zero attached hydrogens (tertiary/aromatic N) is 3. The highest BCUT2D eigenvalue weighted by Gasteiger charge is 2.17. The molecule has 0 aliphatic carbocycles. The van der Waals surface area contributed by atoms with Crippen LogP contribution in [0.3, 0.4) is 0 Å². The number of thiophene rings is 1. The number of benzene rings is 1. The van der Waals surface area contributed by atoms with Gasteiger partial charge < -0.3 is 4.57 Å². The SMILES string of the molecule is CC(Cl)c1nc2c(C#N)cccc2n1Cc1ccc(Br)s1. The number of hydrogen-bond donors (Lipinski definition) is 0. The summed E-state index contributed by atoms with van der Waals surface area (Å²) in [5, 5.41) is 9.02. The highest BCUT2D eigenvalue weighted by Crippen LogP contribution is 2.29. The Labute approximate surface area is 139 Å². The Balaban J connectivity index is 2.19. The fourth-order valence-electron chi connectivity index (χ4n) is 2.32. The lowest BCUT2D eigenvalue weighted by Gasteiger charge is -2.09. The van der Waals surface area contributed by atoms with Gasteiger partial charge in [0.2, 0.25) is 0 Å². The Morgan fingerprint density at radius 1 is 1.43 bits per heavy atom. The Morgan fingerprint density at radius 3 is 2.86 bits per heavy atom. The highest BCUT2D eigenvalue weighted by molar-refractivity contribution is 9.11. The van der Waals surface area contributed by atoms with Crippen LogP contribution in [0.25, 0.3) is 11.0 Å². The van der Waals surface area contributed by atoms with Crippen molar-refractivity contribution in [1.82, 2.24) is 9.55 Å². The third-order valence-electron chi connectivity index (χ3n) is 3.23. The van der Waals surface area contributed by atoms with Crippen LogP contribution in [0.1, 0.15) is 28.6 Å². The van der Waals surface area contributed by atoms with Gasteiger partial charge in [-0.25, -0.2) is 4.98 Å². The molecule has 2 heterocycles. The summed E-state index contributed by atoms with van der Waals surface area (Å²) in [6.45, 7) is 2.60. The predicted octanol–water partition coefficient (Wildman–Crippen LogP) is 5.08. The van der Waals surface area contributed by atoms with Crippen LogP contribution in [0, 0.1) is 11.3 Å². The van der Waals surface area contributed by atoms with E-state index in [0.29, 0.717) is 12.1 Å². The van der Waals surface area contributed by atoms with Gasteiger partial charge in [-0.15, -0.1) is 22.9 Å². The lowest BCUT2D eigenvalue weighted by molar-refractivity contribution is 0.750. The Hall–Kier alpha value is -1.35.